The number of ketones is 1. The minimum absolute atomic E-state index is 0.152. The summed E-state index contributed by atoms with van der Waals surface area (Å²) in [6.07, 6.45) is 2.20. The molecule has 1 heterocycles. The molecule has 0 bridgehead atoms. The van der Waals surface area contributed by atoms with Crippen LogP contribution in [0.5, 0.6) is 5.75 Å². The van der Waals surface area contributed by atoms with Crippen LogP contribution < -0.4 is 4.74 Å². The molecule has 86 valence electrons. The minimum Gasteiger partial charge on any atom is -0.497 e. The van der Waals surface area contributed by atoms with Gasteiger partial charge in [0.2, 0.25) is 5.78 Å². The van der Waals surface area contributed by atoms with Gasteiger partial charge in [0.25, 0.3) is 0 Å². The number of methoxy groups -OCH3 is 1. The Morgan fingerprint density at radius 2 is 2.00 bits per heavy atom. The highest BCUT2D eigenvalue weighted by Crippen LogP contribution is 2.14. The molecule has 0 unspecified atom stereocenters. The normalized spacial score (nSPS) is 9.94. The molecule has 0 aliphatic carbocycles. The van der Waals surface area contributed by atoms with Crippen molar-refractivity contribution in [2.45, 2.75) is 0 Å². The van der Waals surface area contributed by atoms with Gasteiger partial charge in [0, 0.05) is 17.3 Å². The fourth-order valence-corrected chi connectivity index (χ4v) is 1.51. The Bertz CT molecular complexity index is 540. The number of hydrogen-bond acceptors (Lipinski definition) is 3. The second kappa shape index (κ2) is 4.65. The van der Waals surface area contributed by atoms with Crippen LogP contribution in [0, 0.1) is 0 Å². The molecule has 0 spiro atoms. The van der Waals surface area contributed by atoms with Gasteiger partial charge < -0.3 is 9.72 Å². The minimum atomic E-state index is -0.152. The smallest absolute Gasteiger partial charge is 0.209 e. The molecule has 2 aromatic rings. The van der Waals surface area contributed by atoms with Crippen molar-refractivity contribution in [2.24, 2.45) is 0 Å². The maximum atomic E-state index is 12.0. The predicted molar refractivity (Wildman–Crippen MR) is 62.6 cm³/mol. The maximum Gasteiger partial charge on any atom is 0.209 e. The zero-order valence-electron chi connectivity index (χ0n) is 9.27. The van der Waals surface area contributed by atoms with Crippen molar-refractivity contribution >= 4 is 12.1 Å². The lowest BCUT2D eigenvalue weighted by Crippen LogP contribution is -2.01. The lowest BCUT2D eigenvalue weighted by Gasteiger charge is -2.01. The van der Waals surface area contributed by atoms with E-state index in [-0.39, 0.29) is 5.78 Å². The first-order valence-corrected chi connectivity index (χ1v) is 5.07. The number of nitrogens with one attached hydrogen (secondary N) is 1. The summed E-state index contributed by atoms with van der Waals surface area (Å²) in [4.78, 5) is 25.3. The van der Waals surface area contributed by atoms with E-state index >= 15 is 0 Å². The van der Waals surface area contributed by atoms with E-state index in [4.69, 9.17) is 4.74 Å². The van der Waals surface area contributed by atoms with Gasteiger partial charge in [0.05, 0.1) is 12.8 Å². The number of carbonyl (C=O) groups is 2. The quantitative estimate of drug-likeness (QED) is 0.645. The van der Waals surface area contributed by atoms with E-state index in [1.165, 1.54) is 12.3 Å². The van der Waals surface area contributed by atoms with Gasteiger partial charge in [-0.05, 0) is 30.3 Å². The fourth-order valence-electron chi connectivity index (χ4n) is 1.51. The summed E-state index contributed by atoms with van der Waals surface area (Å²) < 4.78 is 5.01. The second-order valence-electron chi connectivity index (χ2n) is 3.52. The van der Waals surface area contributed by atoms with E-state index in [0.717, 1.165) is 0 Å². The molecule has 1 aromatic carbocycles. The van der Waals surface area contributed by atoms with E-state index in [0.29, 0.717) is 28.9 Å². The highest BCUT2D eigenvalue weighted by molar-refractivity contribution is 6.08. The Kier molecular flexibility index (Phi) is 3.05. The standard InChI is InChI=1S/C13H11NO3/c1-17-11-4-2-10(3-5-11)13(16)12-6-9(8-15)7-14-12/h2-8,14H,1H3. The Labute approximate surface area is 98.2 Å². The monoisotopic (exact) mass is 229 g/mol. The molecule has 1 aromatic heterocycles. The Balaban J connectivity index is 2.26. The Hall–Kier alpha value is -2.36. The number of carbonyl (C=O) groups excluding carboxylic acids is 2. The van der Waals surface area contributed by atoms with E-state index in [1.807, 2.05) is 0 Å². The lowest BCUT2D eigenvalue weighted by atomic mass is 10.1. The van der Waals surface area contributed by atoms with Gasteiger partial charge in [0.1, 0.15) is 5.75 Å². The van der Waals surface area contributed by atoms with Crippen LogP contribution in [0.15, 0.2) is 36.5 Å². The molecule has 0 atom stereocenters. The van der Waals surface area contributed by atoms with E-state index in [2.05, 4.69) is 4.98 Å². The number of rotatable bonds is 4. The summed E-state index contributed by atoms with van der Waals surface area (Å²) in [5.74, 6) is 0.544. The van der Waals surface area contributed by atoms with Crippen LogP contribution >= 0.6 is 0 Å². The molecular weight excluding hydrogens is 218 g/mol. The number of aromatic amines is 1. The van der Waals surface area contributed by atoms with E-state index in [1.54, 1.807) is 31.4 Å². The van der Waals surface area contributed by atoms with Gasteiger partial charge in [0.15, 0.2) is 6.29 Å². The van der Waals surface area contributed by atoms with Crippen molar-refractivity contribution in [3.05, 3.63) is 53.3 Å². The zero-order chi connectivity index (χ0) is 12.3. The topological polar surface area (TPSA) is 59.2 Å². The average molecular weight is 229 g/mol. The largest absolute Gasteiger partial charge is 0.497 e. The highest BCUT2D eigenvalue weighted by Gasteiger charge is 2.11. The highest BCUT2D eigenvalue weighted by atomic mass is 16.5. The van der Waals surface area contributed by atoms with Crippen molar-refractivity contribution in [3.63, 3.8) is 0 Å². The summed E-state index contributed by atoms with van der Waals surface area (Å²) in [7, 11) is 1.57. The van der Waals surface area contributed by atoms with Gasteiger partial charge in [-0.3, -0.25) is 9.59 Å². The lowest BCUT2D eigenvalue weighted by molar-refractivity contribution is 0.103. The molecule has 17 heavy (non-hydrogen) atoms. The first kappa shape index (κ1) is 11.1. The van der Waals surface area contributed by atoms with Crippen LogP contribution in [0.25, 0.3) is 0 Å². The van der Waals surface area contributed by atoms with Crippen LogP contribution in [-0.4, -0.2) is 24.2 Å². The van der Waals surface area contributed by atoms with Crippen LogP contribution in [0.4, 0.5) is 0 Å². The van der Waals surface area contributed by atoms with Crippen molar-refractivity contribution in [1.82, 2.24) is 4.98 Å². The van der Waals surface area contributed by atoms with Crippen LogP contribution in [0.3, 0.4) is 0 Å². The number of ether oxygens (including phenoxy) is 1. The SMILES string of the molecule is COc1ccc(C(=O)c2cc(C=O)c[nH]2)cc1. The van der Waals surface area contributed by atoms with Gasteiger partial charge in [-0.2, -0.15) is 0 Å². The zero-order valence-corrected chi connectivity index (χ0v) is 9.27. The molecule has 0 aliphatic heterocycles. The Morgan fingerprint density at radius 3 is 2.53 bits per heavy atom. The summed E-state index contributed by atoms with van der Waals surface area (Å²) in [6, 6.07) is 8.33. The summed E-state index contributed by atoms with van der Waals surface area (Å²) >= 11 is 0. The molecule has 2 rings (SSSR count). The first-order valence-electron chi connectivity index (χ1n) is 5.07. The van der Waals surface area contributed by atoms with Crippen molar-refractivity contribution < 1.29 is 14.3 Å². The molecule has 1 N–H and O–H groups in total. The number of H-pyrrole nitrogens is 1. The van der Waals surface area contributed by atoms with Crippen LogP contribution in [0.2, 0.25) is 0 Å². The summed E-state index contributed by atoms with van der Waals surface area (Å²) in [5, 5.41) is 0. The average Bonchev–Trinajstić information content (AvgIpc) is 2.87. The summed E-state index contributed by atoms with van der Waals surface area (Å²) in [5.41, 5.74) is 1.41. The molecule has 0 radical (unpaired) electrons. The van der Waals surface area contributed by atoms with Gasteiger partial charge >= 0.3 is 0 Å². The maximum absolute atomic E-state index is 12.0. The molecule has 4 nitrogen and oxygen atoms in total. The van der Waals surface area contributed by atoms with Crippen LogP contribution in [0.1, 0.15) is 26.4 Å². The first-order chi connectivity index (χ1) is 8.24. The fraction of sp³-hybridized carbons (Fsp3) is 0.0769. The number of benzene rings is 1. The third kappa shape index (κ3) is 2.25. The third-order valence-electron chi connectivity index (χ3n) is 2.44. The predicted octanol–water partition coefficient (Wildman–Crippen LogP) is 2.07. The van der Waals surface area contributed by atoms with Crippen molar-refractivity contribution in [1.29, 1.82) is 0 Å². The molecule has 0 fully saturated rings. The van der Waals surface area contributed by atoms with Gasteiger partial charge in [-0.1, -0.05) is 0 Å². The van der Waals surface area contributed by atoms with Crippen molar-refractivity contribution in [3.8, 4) is 5.75 Å². The number of aldehydes is 1. The van der Waals surface area contributed by atoms with Crippen molar-refractivity contribution in [2.75, 3.05) is 7.11 Å². The number of hydrogen-bond donors (Lipinski definition) is 1. The molecule has 4 heteroatoms. The second-order valence-corrected chi connectivity index (χ2v) is 3.52. The molecule has 0 saturated heterocycles. The van der Waals surface area contributed by atoms with E-state index < -0.39 is 0 Å². The third-order valence-corrected chi connectivity index (χ3v) is 2.44. The van der Waals surface area contributed by atoms with Gasteiger partial charge in [-0.25, -0.2) is 0 Å². The number of aromatic nitrogens is 1. The van der Waals surface area contributed by atoms with Gasteiger partial charge in [-0.15, -0.1) is 0 Å². The van der Waals surface area contributed by atoms with E-state index in [9.17, 15) is 9.59 Å². The summed E-state index contributed by atoms with van der Waals surface area (Å²) in [6.45, 7) is 0. The molecule has 0 aliphatic rings. The molecular formula is C13H11NO3. The Morgan fingerprint density at radius 1 is 1.29 bits per heavy atom. The van der Waals surface area contributed by atoms with Crippen LogP contribution in [-0.2, 0) is 0 Å². The molecule has 0 saturated carbocycles. The molecule has 0 amide bonds.